The van der Waals surface area contributed by atoms with E-state index in [9.17, 15) is 4.79 Å². The van der Waals surface area contributed by atoms with Crippen molar-refractivity contribution in [3.63, 3.8) is 0 Å². The third kappa shape index (κ3) is 5.16. The van der Waals surface area contributed by atoms with Gasteiger partial charge in [-0.2, -0.15) is 11.8 Å². The zero-order valence-corrected chi connectivity index (χ0v) is 9.56. The fraction of sp³-hybridized carbons (Fsp3) is 0.889. The summed E-state index contributed by atoms with van der Waals surface area (Å²) in [5.74, 6) is 1.04. The van der Waals surface area contributed by atoms with Crippen molar-refractivity contribution in [1.82, 2.24) is 4.90 Å². The van der Waals surface area contributed by atoms with Crippen LogP contribution in [0.25, 0.3) is 0 Å². The number of nitrogens with zero attached hydrogens (tertiary/aromatic N) is 1. The molecule has 1 amide bonds. The van der Waals surface area contributed by atoms with Crippen molar-refractivity contribution in [1.29, 1.82) is 0 Å². The first-order chi connectivity index (χ1) is 6.13. The lowest BCUT2D eigenvalue weighted by Crippen LogP contribution is -2.42. The standard InChI is InChI=1S/C9H20N2OS/c1-4-5-8(10)9(12)11(2)6-7-13-3/h8H,4-7,10H2,1-3H3/t8-/m0/s1. The van der Waals surface area contributed by atoms with Crippen LogP contribution in [-0.2, 0) is 4.79 Å². The number of nitrogens with two attached hydrogens (primary N) is 1. The molecule has 0 aromatic rings. The molecule has 78 valence electrons. The zero-order chi connectivity index (χ0) is 10.3. The summed E-state index contributed by atoms with van der Waals surface area (Å²) in [5, 5.41) is 0. The van der Waals surface area contributed by atoms with E-state index in [1.807, 2.05) is 20.2 Å². The normalized spacial score (nSPS) is 12.6. The molecule has 0 heterocycles. The minimum atomic E-state index is -0.308. The first-order valence-electron chi connectivity index (χ1n) is 4.63. The molecule has 0 aliphatic carbocycles. The van der Waals surface area contributed by atoms with Crippen molar-refractivity contribution < 1.29 is 4.79 Å². The van der Waals surface area contributed by atoms with Gasteiger partial charge in [0.25, 0.3) is 0 Å². The van der Waals surface area contributed by atoms with Crippen LogP contribution >= 0.6 is 11.8 Å². The Kier molecular flexibility index (Phi) is 7.09. The molecule has 3 nitrogen and oxygen atoms in total. The summed E-state index contributed by atoms with van der Waals surface area (Å²) < 4.78 is 0. The molecule has 0 aromatic heterocycles. The van der Waals surface area contributed by atoms with Crippen LogP contribution in [0.15, 0.2) is 0 Å². The van der Waals surface area contributed by atoms with Gasteiger partial charge in [-0.05, 0) is 12.7 Å². The van der Waals surface area contributed by atoms with Crippen LogP contribution in [0.1, 0.15) is 19.8 Å². The van der Waals surface area contributed by atoms with E-state index in [1.165, 1.54) is 0 Å². The zero-order valence-electron chi connectivity index (χ0n) is 8.75. The van der Waals surface area contributed by atoms with Gasteiger partial charge in [-0.15, -0.1) is 0 Å². The van der Waals surface area contributed by atoms with E-state index in [2.05, 4.69) is 0 Å². The van der Waals surface area contributed by atoms with E-state index >= 15 is 0 Å². The summed E-state index contributed by atoms with van der Waals surface area (Å²) >= 11 is 1.74. The van der Waals surface area contributed by atoms with Gasteiger partial charge in [0, 0.05) is 19.3 Å². The summed E-state index contributed by atoms with van der Waals surface area (Å²) in [6.45, 7) is 2.83. The Morgan fingerprint density at radius 2 is 2.23 bits per heavy atom. The molecule has 0 saturated heterocycles. The fourth-order valence-electron chi connectivity index (χ4n) is 1.06. The number of likely N-dealkylation sites (N-methyl/N-ethyl adjacent to an activating group) is 1. The van der Waals surface area contributed by atoms with E-state index < -0.39 is 0 Å². The van der Waals surface area contributed by atoms with E-state index in [-0.39, 0.29) is 11.9 Å². The average molecular weight is 204 g/mol. The Bertz CT molecular complexity index is 153. The molecule has 0 radical (unpaired) electrons. The van der Waals surface area contributed by atoms with Gasteiger partial charge in [-0.25, -0.2) is 0 Å². The molecule has 0 rings (SSSR count). The third-order valence-corrected chi connectivity index (χ3v) is 2.51. The molecule has 0 aliphatic heterocycles. The second-order valence-corrected chi connectivity index (χ2v) is 4.13. The topological polar surface area (TPSA) is 46.3 Å². The fourth-order valence-corrected chi connectivity index (χ4v) is 1.51. The molecule has 0 aromatic carbocycles. The van der Waals surface area contributed by atoms with Crippen molar-refractivity contribution >= 4 is 17.7 Å². The molecule has 0 unspecified atom stereocenters. The highest BCUT2D eigenvalue weighted by atomic mass is 32.2. The Morgan fingerprint density at radius 3 is 2.69 bits per heavy atom. The second kappa shape index (κ2) is 7.21. The number of rotatable bonds is 6. The maximum Gasteiger partial charge on any atom is 0.239 e. The quantitative estimate of drug-likeness (QED) is 0.700. The summed E-state index contributed by atoms with van der Waals surface area (Å²) in [6, 6.07) is -0.308. The van der Waals surface area contributed by atoms with Gasteiger partial charge in [0.2, 0.25) is 5.91 Å². The number of amides is 1. The molecule has 13 heavy (non-hydrogen) atoms. The molecule has 0 fully saturated rings. The van der Waals surface area contributed by atoms with E-state index in [0.29, 0.717) is 0 Å². The SMILES string of the molecule is CCC[C@H](N)C(=O)N(C)CCSC. The molecule has 0 bridgehead atoms. The summed E-state index contributed by atoms with van der Waals surface area (Å²) in [4.78, 5) is 13.2. The molecule has 4 heteroatoms. The monoisotopic (exact) mass is 204 g/mol. The van der Waals surface area contributed by atoms with Gasteiger partial charge < -0.3 is 10.6 Å². The Morgan fingerprint density at radius 1 is 1.62 bits per heavy atom. The molecular formula is C9H20N2OS. The lowest BCUT2D eigenvalue weighted by atomic mass is 10.1. The summed E-state index contributed by atoms with van der Waals surface area (Å²) in [7, 11) is 1.81. The lowest BCUT2D eigenvalue weighted by Gasteiger charge is -2.20. The van der Waals surface area contributed by atoms with Gasteiger partial charge in [0.05, 0.1) is 6.04 Å². The van der Waals surface area contributed by atoms with Crippen LogP contribution in [0.5, 0.6) is 0 Å². The first-order valence-corrected chi connectivity index (χ1v) is 6.02. The van der Waals surface area contributed by atoms with Crippen LogP contribution < -0.4 is 5.73 Å². The molecule has 0 spiro atoms. The lowest BCUT2D eigenvalue weighted by molar-refractivity contribution is -0.131. The van der Waals surface area contributed by atoms with Gasteiger partial charge in [-0.3, -0.25) is 4.79 Å². The van der Waals surface area contributed by atoms with Gasteiger partial charge in [0.15, 0.2) is 0 Å². The van der Waals surface area contributed by atoms with E-state index in [4.69, 9.17) is 5.73 Å². The van der Waals surface area contributed by atoms with Crippen LogP contribution in [0.4, 0.5) is 0 Å². The molecule has 0 aliphatic rings. The van der Waals surface area contributed by atoms with E-state index in [0.717, 1.165) is 25.1 Å². The van der Waals surface area contributed by atoms with Crippen LogP contribution in [-0.4, -0.2) is 42.4 Å². The molecule has 2 N–H and O–H groups in total. The second-order valence-electron chi connectivity index (χ2n) is 3.15. The predicted molar refractivity (Wildman–Crippen MR) is 58.9 cm³/mol. The van der Waals surface area contributed by atoms with Crippen LogP contribution in [0.3, 0.4) is 0 Å². The minimum absolute atomic E-state index is 0.0656. The van der Waals surface area contributed by atoms with Gasteiger partial charge in [-0.1, -0.05) is 13.3 Å². The van der Waals surface area contributed by atoms with Crippen molar-refractivity contribution in [2.45, 2.75) is 25.8 Å². The maximum absolute atomic E-state index is 11.5. The van der Waals surface area contributed by atoms with Crippen molar-refractivity contribution in [3.8, 4) is 0 Å². The predicted octanol–water partition coefficient (Wildman–Crippen LogP) is 0.935. The van der Waals surface area contributed by atoms with Gasteiger partial charge >= 0.3 is 0 Å². The number of hydrogen-bond acceptors (Lipinski definition) is 3. The van der Waals surface area contributed by atoms with Crippen molar-refractivity contribution in [3.05, 3.63) is 0 Å². The smallest absolute Gasteiger partial charge is 0.239 e. The average Bonchev–Trinajstić information content (AvgIpc) is 2.13. The van der Waals surface area contributed by atoms with E-state index in [1.54, 1.807) is 16.7 Å². The number of thioether (sulfide) groups is 1. The Balaban J connectivity index is 3.79. The number of carbonyl (C=O) groups is 1. The first kappa shape index (κ1) is 12.8. The summed E-state index contributed by atoms with van der Waals surface area (Å²) in [6.07, 6.45) is 3.77. The highest BCUT2D eigenvalue weighted by molar-refractivity contribution is 7.98. The largest absolute Gasteiger partial charge is 0.344 e. The Hall–Kier alpha value is -0.220. The van der Waals surface area contributed by atoms with Crippen molar-refractivity contribution in [2.24, 2.45) is 5.73 Å². The third-order valence-electron chi connectivity index (χ3n) is 1.92. The molecular weight excluding hydrogens is 184 g/mol. The maximum atomic E-state index is 11.5. The highest BCUT2D eigenvalue weighted by Gasteiger charge is 2.15. The van der Waals surface area contributed by atoms with Crippen molar-refractivity contribution in [2.75, 3.05) is 25.6 Å². The minimum Gasteiger partial charge on any atom is -0.344 e. The highest BCUT2D eigenvalue weighted by Crippen LogP contribution is 2.00. The molecule has 1 atom stereocenters. The van der Waals surface area contributed by atoms with Crippen LogP contribution in [0, 0.1) is 0 Å². The number of carbonyl (C=O) groups excluding carboxylic acids is 1. The van der Waals surface area contributed by atoms with Gasteiger partial charge in [0.1, 0.15) is 0 Å². The molecule has 0 saturated carbocycles. The van der Waals surface area contributed by atoms with Crippen LogP contribution in [0.2, 0.25) is 0 Å². The Labute approximate surface area is 85.0 Å². The summed E-state index contributed by atoms with van der Waals surface area (Å²) in [5.41, 5.74) is 5.70. The number of hydrogen-bond donors (Lipinski definition) is 1.